The molecule has 1 unspecified atom stereocenters. The summed E-state index contributed by atoms with van der Waals surface area (Å²) in [6.07, 6.45) is 0. The number of benzene rings is 11. The Morgan fingerprint density at radius 1 is 0.303 bits per heavy atom. The molecule has 1 heteroatoms. The number of fused-ring (bicyclic) bond motifs is 9. The molecule has 0 saturated carbocycles. The molecule has 0 radical (unpaired) electrons. The van der Waals surface area contributed by atoms with Gasteiger partial charge in [0.1, 0.15) is 0 Å². The van der Waals surface area contributed by atoms with Crippen LogP contribution >= 0.6 is 0 Å². The van der Waals surface area contributed by atoms with Crippen LogP contribution in [0.3, 0.4) is 0 Å². The maximum Gasteiger partial charge on any atom is 0.0714 e. The molecule has 0 N–H and O–H groups in total. The lowest BCUT2D eigenvalue weighted by molar-refractivity contribution is 0.714. The van der Waals surface area contributed by atoms with Crippen molar-refractivity contribution in [3.8, 4) is 33.4 Å². The van der Waals surface area contributed by atoms with Crippen molar-refractivity contribution in [2.75, 3.05) is 4.90 Å². The Morgan fingerprint density at radius 2 is 0.712 bits per heavy atom. The van der Waals surface area contributed by atoms with Gasteiger partial charge in [-0.2, -0.15) is 0 Å². The molecule has 2 aliphatic rings. The molecule has 11 aromatic carbocycles. The van der Waals surface area contributed by atoms with Crippen molar-refractivity contribution in [3.63, 3.8) is 0 Å². The van der Waals surface area contributed by atoms with Crippen LogP contribution in [-0.4, -0.2) is 0 Å². The third-order valence-electron chi connectivity index (χ3n) is 14.8. The topological polar surface area (TPSA) is 3.24 Å². The van der Waals surface area contributed by atoms with E-state index < -0.39 is 5.41 Å². The molecule has 66 heavy (non-hydrogen) atoms. The molecule has 310 valence electrons. The van der Waals surface area contributed by atoms with Crippen LogP contribution in [0.15, 0.2) is 255 Å². The van der Waals surface area contributed by atoms with Crippen molar-refractivity contribution >= 4 is 38.6 Å². The molecule has 0 bridgehead atoms. The standard InChI is InChI=1S/C65H45N/c1-64(45-24-8-3-9-25-45)58-36-20-18-32-52(58)54-40-38-48(42-60(54)64)66(63-57-35-17-15-31-51(57)50-30-14-16-34-56(50)62(63)44-22-6-2-7-23-44)49-39-41-55-53-33-19-21-37-59(53)65(61(55)43-49,46-26-10-4-11-27-46)47-28-12-5-13-29-47/h2-43H,1H3. The summed E-state index contributed by atoms with van der Waals surface area (Å²) in [6.45, 7) is 2.42. The second kappa shape index (κ2) is 14.9. The van der Waals surface area contributed by atoms with Gasteiger partial charge in [0.2, 0.25) is 0 Å². The monoisotopic (exact) mass is 839 g/mol. The van der Waals surface area contributed by atoms with Crippen LogP contribution in [0.5, 0.6) is 0 Å². The Hall–Kier alpha value is -8.26. The molecule has 0 spiro atoms. The zero-order valence-electron chi connectivity index (χ0n) is 36.7. The van der Waals surface area contributed by atoms with Gasteiger partial charge in [0.25, 0.3) is 0 Å². The van der Waals surface area contributed by atoms with Crippen LogP contribution in [0.1, 0.15) is 45.9 Å². The van der Waals surface area contributed by atoms with E-state index in [1.165, 1.54) is 93.9 Å². The van der Waals surface area contributed by atoms with E-state index in [9.17, 15) is 0 Å². The molecular formula is C65H45N. The van der Waals surface area contributed by atoms with Crippen molar-refractivity contribution < 1.29 is 0 Å². The molecule has 1 atom stereocenters. The minimum absolute atomic E-state index is 0.377. The fourth-order valence-corrected chi connectivity index (χ4v) is 11.9. The summed E-state index contributed by atoms with van der Waals surface area (Å²) in [5.74, 6) is 0. The van der Waals surface area contributed by atoms with Gasteiger partial charge in [-0.15, -0.1) is 0 Å². The van der Waals surface area contributed by atoms with E-state index in [1.54, 1.807) is 0 Å². The summed E-state index contributed by atoms with van der Waals surface area (Å²) in [4.78, 5) is 2.59. The lowest BCUT2D eigenvalue weighted by Gasteiger charge is -2.36. The predicted molar refractivity (Wildman–Crippen MR) is 276 cm³/mol. The molecule has 0 aromatic heterocycles. The maximum absolute atomic E-state index is 2.59. The molecule has 0 amide bonds. The van der Waals surface area contributed by atoms with Crippen molar-refractivity contribution in [3.05, 3.63) is 294 Å². The molecule has 0 heterocycles. The van der Waals surface area contributed by atoms with Crippen molar-refractivity contribution in [2.45, 2.75) is 17.8 Å². The first-order valence-corrected chi connectivity index (χ1v) is 23.1. The third kappa shape index (κ3) is 5.41. The van der Waals surface area contributed by atoms with E-state index in [4.69, 9.17) is 0 Å². The first-order chi connectivity index (χ1) is 32.7. The smallest absolute Gasteiger partial charge is 0.0714 e. The second-order valence-corrected chi connectivity index (χ2v) is 18.0. The second-order valence-electron chi connectivity index (χ2n) is 18.0. The summed E-state index contributed by atoms with van der Waals surface area (Å²) in [5.41, 5.74) is 18.9. The van der Waals surface area contributed by atoms with Crippen LogP contribution in [0, 0.1) is 0 Å². The Bertz CT molecular complexity index is 3610. The molecule has 0 fully saturated rings. The zero-order chi connectivity index (χ0) is 43.8. The highest BCUT2D eigenvalue weighted by Crippen LogP contribution is 2.59. The first kappa shape index (κ1) is 38.2. The number of anilines is 3. The van der Waals surface area contributed by atoms with Crippen LogP contribution in [0.25, 0.3) is 54.9 Å². The molecule has 13 rings (SSSR count). The van der Waals surface area contributed by atoms with Crippen LogP contribution in [0.2, 0.25) is 0 Å². The highest BCUT2D eigenvalue weighted by molar-refractivity contribution is 6.22. The minimum atomic E-state index is -0.560. The zero-order valence-corrected chi connectivity index (χ0v) is 36.7. The van der Waals surface area contributed by atoms with Crippen LogP contribution in [-0.2, 0) is 10.8 Å². The molecule has 11 aromatic rings. The SMILES string of the molecule is CC1(c2ccccc2)c2ccccc2-c2ccc(N(c3ccc4c(c3)C(c3ccccc3)(c3ccccc3)c3ccccc3-4)c3c(-c4ccccc4)c4ccccc4c4ccccc34)cc21. The third-order valence-corrected chi connectivity index (χ3v) is 14.8. The van der Waals surface area contributed by atoms with E-state index >= 15 is 0 Å². The van der Waals surface area contributed by atoms with Crippen molar-refractivity contribution in [1.82, 2.24) is 0 Å². The fraction of sp³-hybridized carbons (Fsp3) is 0.0462. The Labute approximate surface area is 386 Å². The maximum atomic E-state index is 2.59. The van der Waals surface area contributed by atoms with Crippen molar-refractivity contribution in [1.29, 1.82) is 0 Å². The van der Waals surface area contributed by atoms with Gasteiger partial charge in [-0.1, -0.05) is 231 Å². The Kier molecular flexibility index (Phi) is 8.63. The number of nitrogens with zero attached hydrogens (tertiary/aromatic N) is 1. The summed E-state index contributed by atoms with van der Waals surface area (Å²) in [5, 5.41) is 4.90. The van der Waals surface area contributed by atoms with E-state index in [0.717, 1.165) is 17.1 Å². The van der Waals surface area contributed by atoms with Gasteiger partial charge in [0, 0.05) is 27.7 Å². The van der Waals surface area contributed by atoms with Gasteiger partial charge in [0.05, 0.1) is 11.1 Å². The summed E-state index contributed by atoms with van der Waals surface area (Å²) < 4.78 is 0. The Balaban J connectivity index is 1.17. The fourth-order valence-electron chi connectivity index (χ4n) is 11.9. The Morgan fingerprint density at radius 3 is 1.32 bits per heavy atom. The number of hydrogen-bond donors (Lipinski definition) is 0. The van der Waals surface area contributed by atoms with Gasteiger partial charge in [0.15, 0.2) is 0 Å². The van der Waals surface area contributed by atoms with Crippen molar-refractivity contribution in [2.24, 2.45) is 0 Å². The largest absolute Gasteiger partial charge is 0.309 e. The molecule has 2 aliphatic carbocycles. The number of hydrogen-bond acceptors (Lipinski definition) is 1. The average Bonchev–Trinajstić information content (AvgIpc) is 3.84. The van der Waals surface area contributed by atoms with Gasteiger partial charge >= 0.3 is 0 Å². The highest BCUT2D eigenvalue weighted by atomic mass is 15.1. The lowest BCUT2D eigenvalue weighted by Crippen LogP contribution is -2.28. The highest BCUT2D eigenvalue weighted by Gasteiger charge is 2.47. The normalized spacial score (nSPS) is 15.2. The molecule has 0 aliphatic heterocycles. The first-order valence-electron chi connectivity index (χ1n) is 23.1. The quantitative estimate of drug-likeness (QED) is 0.145. The van der Waals surface area contributed by atoms with Crippen LogP contribution < -0.4 is 4.90 Å². The van der Waals surface area contributed by atoms with Gasteiger partial charge in [-0.25, -0.2) is 0 Å². The summed E-state index contributed by atoms with van der Waals surface area (Å²) in [7, 11) is 0. The van der Waals surface area contributed by atoms with Gasteiger partial charge in [-0.05, 0) is 114 Å². The minimum Gasteiger partial charge on any atom is -0.309 e. The van der Waals surface area contributed by atoms with E-state index in [-0.39, 0.29) is 5.41 Å². The van der Waals surface area contributed by atoms with E-state index in [1.807, 2.05) is 0 Å². The average molecular weight is 840 g/mol. The predicted octanol–water partition coefficient (Wildman–Crippen LogP) is 16.8. The molecular weight excluding hydrogens is 795 g/mol. The summed E-state index contributed by atoms with van der Waals surface area (Å²) >= 11 is 0. The summed E-state index contributed by atoms with van der Waals surface area (Å²) in [6, 6.07) is 95.0. The number of rotatable bonds is 7. The lowest BCUT2D eigenvalue weighted by atomic mass is 9.67. The molecule has 1 nitrogen and oxygen atoms in total. The van der Waals surface area contributed by atoms with E-state index in [2.05, 4.69) is 267 Å². The van der Waals surface area contributed by atoms with Gasteiger partial charge < -0.3 is 4.90 Å². The van der Waals surface area contributed by atoms with E-state index in [0.29, 0.717) is 0 Å². The van der Waals surface area contributed by atoms with Gasteiger partial charge in [-0.3, -0.25) is 0 Å². The van der Waals surface area contributed by atoms with Crippen LogP contribution in [0.4, 0.5) is 17.1 Å². The molecule has 0 saturated heterocycles.